The zero-order valence-corrected chi connectivity index (χ0v) is 14.1. The van der Waals surface area contributed by atoms with Crippen LogP contribution < -0.4 is 5.63 Å². The number of rotatable bonds is 3. The normalized spacial score (nSPS) is 20.8. The highest BCUT2D eigenvalue weighted by molar-refractivity contribution is 5.83. The third kappa shape index (κ3) is 3.19. The number of aryl methyl sites for hydroxylation is 2. The maximum absolute atomic E-state index is 12.0. The van der Waals surface area contributed by atoms with Crippen LogP contribution in [-0.2, 0) is 6.54 Å². The molecule has 23 heavy (non-hydrogen) atoms. The lowest BCUT2D eigenvalue weighted by Gasteiger charge is -2.37. The second kappa shape index (κ2) is 6.46. The number of fused-ring (bicyclic) bond motifs is 1. The number of aliphatic hydroxyl groups excluding tert-OH is 1. The van der Waals surface area contributed by atoms with E-state index in [1.807, 2.05) is 26.8 Å². The van der Waals surface area contributed by atoms with E-state index in [-0.39, 0.29) is 17.8 Å². The summed E-state index contributed by atoms with van der Waals surface area (Å²) >= 11 is 0. The van der Waals surface area contributed by atoms with E-state index in [0.717, 1.165) is 47.9 Å². The molecule has 4 heteroatoms. The maximum atomic E-state index is 12.0. The lowest BCUT2D eigenvalue weighted by Crippen LogP contribution is -2.45. The summed E-state index contributed by atoms with van der Waals surface area (Å²) in [5.74, 6) is 0. The van der Waals surface area contributed by atoms with Crippen LogP contribution in [0.1, 0.15) is 42.9 Å². The Balaban J connectivity index is 2.02. The van der Waals surface area contributed by atoms with E-state index in [4.69, 9.17) is 4.42 Å². The fraction of sp³-hybridized carbons (Fsp3) is 0.526. The van der Waals surface area contributed by atoms with Crippen LogP contribution in [0, 0.1) is 13.8 Å². The summed E-state index contributed by atoms with van der Waals surface area (Å²) in [6, 6.07) is 5.88. The van der Waals surface area contributed by atoms with Gasteiger partial charge in [0.1, 0.15) is 5.58 Å². The van der Waals surface area contributed by atoms with E-state index in [9.17, 15) is 9.90 Å². The molecule has 1 aromatic heterocycles. The van der Waals surface area contributed by atoms with Gasteiger partial charge in [-0.1, -0.05) is 18.6 Å². The number of benzene rings is 1. The molecule has 124 valence electrons. The molecule has 0 spiro atoms. The topological polar surface area (TPSA) is 53.7 Å². The van der Waals surface area contributed by atoms with Gasteiger partial charge in [0.25, 0.3) is 0 Å². The Bertz CT molecular complexity index is 763. The molecule has 1 fully saturated rings. The summed E-state index contributed by atoms with van der Waals surface area (Å²) < 4.78 is 5.45. The molecule has 1 N–H and O–H groups in total. The first kappa shape index (κ1) is 16.2. The van der Waals surface area contributed by atoms with Crippen molar-refractivity contribution in [1.29, 1.82) is 0 Å². The van der Waals surface area contributed by atoms with Gasteiger partial charge in [0.15, 0.2) is 0 Å². The van der Waals surface area contributed by atoms with E-state index in [1.165, 1.54) is 0 Å². The number of likely N-dealkylation sites (tertiary alicyclic amines) is 1. The van der Waals surface area contributed by atoms with Crippen molar-refractivity contribution in [2.45, 2.75) is 58.7 Å². The van der Waals surface area contributed by atoms with Crippen molar-refractivity contribution in [3.63, 3.8) is 0 Å². The lowest BCUT2D eigenvalue weighted by atomic mass is 9.96. The SMILES string of the molecule is Cc1ccc2c(CN3CCCCC3C(C)O)cc(=O)oc2c1C. The summed E-state index contributed by atoms with van der Waals surface area (Å²) in [6.07, 6.45) is 2.95. The molecule has 2 unspecified atom stereocenters. The molecule has 0 saturated carbocycles. The van der Waals surface area contributed by atoms with Gasteiger partial charge in [-0.3, -0.25) is 4.90 Å². The van der Waals surface area contributed by atoms with Crippen molar-refractivity contribution in [1.82, 2.24) is 4.90 Å². The zero-order valence-electron chi connectivity index (χ0n) is 14.1. The van der Waals surface area contributed by atoms with Crippen molar-refractivity contribution in [2.24, 2.45) is 0 Å². The predicted octanol–water partition coefficient (Wildman–Crippen LogP) is 3.15. The van der Waals surface area contributed by atoms with Gasteiger partial charge in [-0.25, -0.2) is 4.79 Å². The van der Waals surface area contributed by atoms with Gasteiger partial charge in [0, 0.05) is 24.0 Å². The van der Waals surface area contributed by atoms with E-state index in [2.05, 4.69) is 11.0 Å². The van der Waals surface area contributed by atoms with Gasteiger partial charge >= 0.3 is 5.63 Å². The van der Waals surface area contributed by atoms with E-state index in [1.54, 1.807) is 6.07 Å². The Labute approximate surface area is 136 Å². The van der Waals surface area contributed by atoms with E-state index in [0.29, 0.717) is 12.1 Å². The number of hydrogen-bond acceptors (Lipinski definition) is 4. The highest BCUT2D eigenvalue weighted by Crippen LogP contribution is 2.27. The fourth-order valence-corrected chi connectivity index (χ4v) is 3.63. The summed E-state index contributed by atoms with van der Waals surface area (Å²) in [5.41, 5.74) is 3.53. The molecular formula is C19H25NO3. The number of nitrogens with zero attached hydrogens (tertiary/aromatic N) is 1. The summed E-state index contributed by atoms with van der Waals surface area (Å²) in [7, 11) is 0. The maximum Gasteiger partial charge on any atom is 0.336 e. The molecular weight excluding hydrogens is 290 g/mol. The van der Waals surface area contributed by atoms with Crippen LogP contribution in [0.15, 0.2) is 27.4 Å². The molecule has 1 aromatic carbocycles. The first-order valence-electron chi connectivity index (χ1n) is 8.42. The van der Waals surface area contributed by atoms with Gasteiger partial charge < -0.3 is 9.52 Å². The van der Waals surface area contributed by atoms with Crippen molar-refractivity contribution >= 4 is 11.0 Å². The lowest BCUT2D eigenvalue weighted by molar-refractivity contribution is 0.0318. The molecule has 1 aliphatic heterocycles. The molecule has 2 heterocycles. The van der Waals surface area contributed by atoms with Crippen LogP contribution in [0.3, 0.4) is 0 Å². The molecule has 1 saturated heterocycles. The minimum Gasteiger partial charge on any atom is -0.422 e. The smallest absolute Gasteiger partial charge is 0.336 e. The first-order chi connectivity index (χ1) is 11.0. The first-order valence-corrected chi connectivity index (χ1v) is 8.42. The summed E-state index contributed by atoms with van der Waals surface area (Å²) in [4.78, 5) is 14.3. The number of piperidine rings is 1. The fourth-order valence-electron chi connectivity index (χ4n) is 3.63. The third-order valence-corrected chi connectivity index (χ3v) is 5.11. The molecule has 1 aliphatic rings. The highest BCUT2D eigenvalue weighted by Gasteiger charge is 2.26. The Morgan fingerprint density at radius 3 is 2.87 bits per heavy atom. The molecule has 0 aliphatic carbocycles. The third-order valence-electron chi connectivity index (χ3n) is 5.11. The molecule has 2 atom stereocenters. The largest absolute Gasteiger partial charge is 0.422 e. The van der Waals surface area contributed by atoms with Crippen LogP contribution in [0.2, 0.25) is 0 Å². The summed E-state index contributed by atoms with van der Waals surface area (Å²) in [5, 5.41) is 11.1. The molecule has 3 rings (SSSR count). The average molecular weight is 315 g/mol. The molecule has 4 nitrogen and oxygen atoms in total. The highest BCUT2D eigenvalue weighted by atomic mass is 16.4. The van der Waals surface area contributed by atoms with Crippen molar-refractivity contribution in [3.05, 3.63) is 45.3 Å². The minimum absolute atomic E-state index is 0.164. The van der Waals surface area contributed by atoms with Crippen LogP contribution in [0.4, 0.5) is 0 Å². The quantitative estimate of drug-likeness (QED) is 0.884. The Kier molecular flexibility index (Phi) is 4.55. The number of aliphatic hydroxyl groups is 1. The Morgan fingerprint density at radius 2 is 2.13 bits per heavy atom. The number of hydrogen-bond donors (Lipinski definition) is 1. The second-order valence-corrected chi connectivity index (χ2v) is 6.75. The zero-order chi connectivity index (χ0) is 16.6. The van der Waals surface area contributed by atoms with Crippen LogP contribution in [0.5, 0.6) is 0 Å². The average Bonchev–Trinajstić information content (AvgIpc) is 2.51. The standard InChI is InChI=1S/C19H25NO3/c1-12-7-8-16-15(10-18(22)23-19(16)13(12)2)11-20-9-5-4-6-17(20)14(3)21/h7-8,10,14,17,21H,4-6,9,11H2,1-3H3. The predicted molar refractivity (Wildman–Crippen MR) is 91.7 cm³/mol. The van der Waals surface area contributed by atoms with E-state index >= 15 is 0 Å². The monoisotopic (exact) mass is 315 g/mol. The van der Waals surface area contributed by atoms with Gasteiger partial charge in [-0.05, 0) is 56.8 Å². The van der Waals surface area contributed by atoms with E-state index < -0.39 is 0 Å². The van der Waals surface area contributed by atoms with Gasteiger partial charge in [0.05, 0.1) is 6.10 Å². The van der Waals surface area contributed by atoms with Crippen molar-refractivity contribution < 1.29 is 9.52 Å². The van der Waals surface area contributed by atoms with Gasteiger partial charge in [-0.2, -0.15) is 0 Å². The van der Waals surface area contributed by atoms with Gasteiger partial charge in [0.2, 0.25) is 0 Å². The molecule has 2 aromatic rings. The Hall–Kier alpha value is -1.65. The van der Waals surface area contributed by atoms with Crippen molar-refractivity contribution in [2.75, 3.05) is 6.54 Å². The van der Waals surface area contributed by atoms with Gasteiger partial charge in [-0.15, -0.1) is 0 Å². The van der Waals surface area contributed by atoms with Crippen LogP contribution >= 0.6 is 0 Å². The van der Waals surface area contributed by atoms with Crippen LogP contribution in [-0.4, -0.2) is 28.7 Å². The van der Waals surface area contributed by atoms with Crippen LogP contribution in [0.25, 0.3) is 11.0 Å². The second-order valence-electron chi connectivity index (χ2n) is 6.75. The van der Waals surface area contributed by atoms with Crippen molar-refractivity contribution in [3.8, 4) is 0 Å². The minimum atomic E-state index is -0.356. The molecule has 0 radical (unpaired) electrons. The Morgan fingerprint density at radius 1 is 1.35 bits per heavy atom. The summed E-state index contributed by atoms with van der Waals surface area (Å²) in [6.45, 7) is 7.51. The molecule has 0 bridgehead atoms. The molecule has 0 amide bonds.